The van der Waals surface area contributed by atoms with Crippen molar-refractivity contribution < 1.29 is 0 Å². The average molecular weight is 272 g/mol. The molecule has 0 aliphatic carbocycles. The summed E-state index contributed by atoms with van der Waals surface area (Å²) in [6.45, 7) is 8.55. The van der Waals surface area contributed by atoms with Crippen molar-refractivity contribution in [3.05, 3.63) is 40.7 Å². The van der Waals surface area contributed by atoms with E-state index in [1.807, 2.05) is 11.7 Å². The van der Waals surface area contributed by atoms with E-state index in [1.54, 1.807) is 0 Å². The van der Waals surface area contributed by atoms with Crippen LogP contribution < -0.4 is 5.32 Å². The van der Waals surface area contributed by atoms with Crippen molar-refractivity contribution in [1.29, 1.82) is 0 Å². The monoisotopic (exact) mass is 272 g/mol. The van der Waals surface area contributed by atoms with Gasteiger partial charge in [-0.1, -0.05) is 25.1 Å². The van der Waals surface area contributed by atoms with Crippen molar-refractivity contribution in [2.24, 2.45) is 0 Å². The Labute approximate surface area is 121 Å². The van der Waals surface area contributed by atoms with Gasteiger partial charge in [0.2, 0.25) is 0 Å². The van der Waals surface area contributed by atoms with Crippen LogP contribution in [0.1, 0.15) is 48.8 Å². The maximum atomic E-state index is 4.42. The van der Waals surface area contributed by atoms with E-state index < -0.39 is 0 Å². The van der Waals surface area contributed by atoms with Gasteiger partial charge in [-0.25, -0.2) is 4.68 Å². The summed E-state index contributed by atoms with van der Waals surface area (Å²) in [6.07, 6.45) is 1.93. The molecule has 0 bridgehead atoms. The van der Waals surface area contributed by atoms with E-state index in [9.17, 15) is 0 Å². The van der Waals surface area contributed by atoms with Crippen LogP contribution in [-0.4, -0.2) is 22.0 Å². The molecule has 4 heteroatoms. The number of benzene rings is 1. The Balaban J connectivity index is 2.52. The molecule has 1 aromatic heterocycles. The Morgan fingerprint density at radius 3 is 2.30 bits per heavy atom. The van der Waals surface area contributed by atoms with E-state index >= 15 is 0 Å². The minimum absolute atomic E-state index is 0.268. The van der Waals surface area contributed by atoms with Crippen LogP contribution in [0.2, 0.25) is 0 Å². The highest BCUT2D eigenvalue weighted by atomic mass is 15.4. The molecule has 108 valence electrons. The van der Waals surface area contributed by atoms with E-state index in [0.29, 0.717) is 0 Å². The Morgan fingerprint density at radius 1 is 1.15 bits per heavy atom. The number of nitrogens with one attached hydrogen (secondary N) is 1. The van der Waals surface area contributed by atoms with Crippen molar-refractivity contribution >= 4 is 0 Å². The smallest absolute Gasteiger partial charge is 0.103 e. The summed E-state index contributed by atoms with van der Waals surface area (Å²) < 4.78 is 1.98. The third-order valence-electron chi connectivity index (χ3n) is 3.67. The molecule has 1 aromatic carbocycles. The van der Waals surface area contributed by atoms with Gasteiger partial charge in [0.15, 0.2) is 0 Å². The lowest BCUT2D eigenvalue weighted by molar-refractivity contribution is 0.555. The summed E-state index contributed by atoms with van der Waals surface area (Å²) in [4.78, 5) is 0. The summed E-state index contributed by atoms with van der Waals surface area (Å²) in [5.74, 6) is 0. The van der Waals surface area contributed by atoms with Gasteiger partial charge in [-0.15, -0.1) is 5.10 Å². The minimum atomic E-state index is 0.268. The van der Waals surface area contributed by atoms with Gasteiger partial charge in [-0.2, -0.15) is 0 Å². The molecule has 4 nitrogen and oxygen atoms in total. The second kappa shape index (κ2) is 6.18. The summed E-state index contributed by atoms with van der Waals surface area (Å²) >= 11 is 0. The topological polar surface area (TPSA) is 42.7 Å². The zero-order valence-corrected chi connectivity index (χ0v) is 13.1. The van der Waals surface area contributed by atoms with Crippen LogP contribution in [0.4, 0.5) is 0 Å². The van der Waals surface area contributed by atoms with Crippen LogP contribution >= 0.6 is 0 Å². The van der Waals surface area contributed by atoms with Crippen molar-refractivity contribution in [3.63, 3.8) is 0 Å². The van der Waals surface area contributed by atoms with Crippen LogP contribution in [-0.2, 0) is 6.42 Å². The summed E-state index contributed by atoms with van der Waals surface area (Å²) in [5.41, 5.74) is 5.86. The Bertz CT molecular complexity index is 562. The van der Waals surface area contributed by atoms with E-state index in [1.165, 1.54) is 16.8 Å². The molecule has 0 radical (unpaired) electrons. The van der Waals surface area contributed by atoms with Gasteiger partial charge in [0.05, 0.1) is 17.4 Å². The summed E-state index contributed by atoms with van der Waals surface area (Å²) in [6, 6.07) is 6.76. The zero-order chi connectivity index (χ0) is 14.7. The average Bonchev–Trinajstić information content (AvgIpc) is 2.83. The van der Waals surface area contributed by atoms with Crippen molar-refractivity contribution in [1.82, 2.24) is 20.3 Å². The lowest BCUT2D eigenvalue weighted by Crippen LogP contribution is -2.17. The highest BCUT2D eigenvalue weighted by Crippen LogP contribution is 2.22. The SMILES string of the molecule is CCc1c(C(CC)NC)nnn1-c1cc(C)cc(C)c1. The number of aryl methyl sites for hydroxylation is 2. The van der Waals surface area contributed by atoms with Crippen LogP contribution in [0, 0.1) is 13.8 Å². The molecule has 0 amide bonds. The van der Waals surface area contributed by atoms with Gasteiger partial charge >= 0.3 is 0 Å². The van der Waals surface area contributed by atoms with Gasteiger partial charge in [0.25, 0.3) is 0 Å². The van der Waals surface area contributed by atoms with Gasteiger partial charge in [-0.05, 0) is 57.0 Å². The highest BCUT2D eigenvalue weighted by Gasteiger charge is 2.19. The molecule has 0 saturated carbocycles. The molecule has 1 unspecified atom stereocenters. The standard InChI is InChI=1S/C16H24N4/c1-6-14(17-5)16-15(7-2)20(19-18-16)13-9-11(3)8-12(4)10-13/h8-10,14,17H,6-7H2,1-5H3. The van der Waals surface area contributed by atoms with E-state index in [-0.39, 0.29) is 6.04 Å². The highest BCUT2D eigenvalue weighted by molar-refractivity contribution is 5.40. The maximum Gasteiger partial charge on any atom is 0.103 e. The molecule has 0 aliphatic rings. The third kappa shape index (κ3) is 2.75. The van der Waals surface area contributed by atoms with Gasteiger partial charge in [-0.3, -0.25) is 0 Å². The quantitative estimate of drug-likeness (QED) is 0.909. The molecule has 20 heavy (non-hydrogen) atoms. The molecule has 0 spiro atoms. The number of hydrogen-bond donors (Lipinski definition) is 1. The lowest BCUT2D eigenvalue weighted by Gasteiger charge is -2.13. The Kier molecular flexibility index (Phi) is 4.55. The second-order valence-electron chi connectivity index (χ2n) is 5.28. The molecular weight excluding hydrogens is 248 g/mol. The Hall–Kier alpha value is -1.68. The summed E-state index contributed by atoms with van der Waals surface area (Å²) in [7, 11) is 1.98. The van der Waals surface area contributed by atoms with E-state index in [4.69, 9.17) is 0 Å². The van der Waals surface area contributed by atoms with Crippen molar-refractivity contribution in [2.75, 3.05) is 7.05 Å². The number of hydrogen-bond acceptors (Lipinski definition) is 3. The van der Waals surface area contributed by atoms with Crippen LogP contribution in [0.5, 0.6) is 0 Å². The molecule has 0 aliphatic heterocycles. The van der Waals surface area contributed by atoms with Crippen LogP contribution in [0.3, 0.4) is 0 Å². The first-order chi connectivity index (χ1) is 9.60. The first-order valence-corrected chi connectivity index (χ1v) is 7.31. The fourth-order valence-corrected chi connectivity index (χ4v) is 2.73. The lowest BCUT2D eigenvalue weighted by atomic mass is 10.1. The van der Waals surface area contributed by atoms with Crippen molar-refractivity contribution in [3.8, 4) is 5.69 Å². The van der Waals surface area contributed by atoms with Crippen LogP contribution in [0.15, 0.2) is 18.2 Å². The van der Waals surface area contributed by atoms with Gasteiger partial charge in [0.1, 0.15) is 5.69 Å². The van der Waals surface area contributed by atoms with Gasteiger partial charge in [0, 0.05) is 0 Å². The van der Waals surface area contributed by atoms with Crippen molar-refractivity contribution in [2.45, 2.75) is 46.6 Å². The van der Waals surface area contributed by atoms with E-state index in [0.717, 1.165) is 24.2 Å². The van der Waals surface area contributed by atoms with Gasteiger partial charge < -0.3 is 5.32 Å². The van der Waals surface area contributed by atoms with Crippen LogP contribution in [0.25, 0.3) is 5.69 Å². The molecule has 1 N–H and O–H groups in total. The minimum Gasteiger partial charge on any atom is -0.312 e. The number of rotatable bonds is 5. The first-order valence-electron chi connectivity index (χ1n) is 7.31. The third-order valence-corrected chi connectivity index (χ3v) is 3.67. The predicted octanol–water partition coefficient (Wildman–Crippen LogP) is 3.12. The molecule has 2 aromatic rings. The largest absolute Gasteiger partial charge is 0.312 e. The van der Waals surface area contributed by atoms with E-state index in [2.05, 4.69) is 61.5 Å². The summed E-state index contributed by atoms with van der Waals surface area (Å²) in [5, 5.41) is 12.1. The maximum absolute atomic E-state index is 4.42. The zero-order valence-electron chi connectivity index (χ0n) is 13.1. The second-order valence-corrected chi connectivity index (χ2v) is 5.28. The molecule has 0 fully saturated rings. The molecule has 1 heterocycles. The molecule has 2 rings (SSSR count). The molecular formula is C16H24N4. The fourth-order valence-electron chi connectivity index (χ4n) is 2.73. The predicted molar refractivity (Wildman–Crippen MR) is 82.3 cm³/mol. The normalized spacial score (nSPS) is 12.7. The number of aromatic nitrogens is 3. The molecule has 1 atom stereocenters. The fraction of sp³-hybridized carbons (Fsp3) is 0.500. The number of nitrogens with zero attached hydrogens (tertiary/aromatic N) is 3. The first kappa shape index (κ1) is 14.7. The molecule has 0 saturated heterocycles. The Morgan fingerprint density at radius 2 is 1.80 bits per heavy atom.